The van der Waals surface area contributed by atoms with Crippen molar-refractivity contribution in [1.82, 2.24) is 0 Å². The van der Waals surface area contributed by atoms with E-state index < -0.39 is 13.5 Å². The highest BCUT2D eigenvalue weighted by molar-refractivity contribution is 6.70. The molecule has 0 spiro atoms. The molecule has 1 atom stereocenters. The highest BCUT2D eigenvalue weighted by Gasteiger charge is 2.29. The van der Waals surface area contributed by atoms with Gasteiger partial charge in [0.1, 0.15) is 4.33 Å². The van der Waals surface area contributed by atoms with Crippen molar-refractivity contribution in [2.24, 2.45) is 0 Å². The van der Waals surface area contributed by atoms with E-state index in [0.717, 1.165) is 0 Å². The minimum Gasteiger partial charge on any atom is -0.125 e. The van der Waals surface area contributed by atoms with E-state index in [2.05, 4.69) is 0 Å². The molecule has 0 bridgehead atoms. The number of rotatable bonds is 3. The molecule has 0 amide bonds. The van der Waals surface area contributed by atoms with Crippen LogP contribution in [0, 0.1) is 0 Å². The maximum absolute atomic E-state index is 5.41. The van der Waals surface area contributed by atoms with Gasteiger partial charge in [0.25, 0.3) is 0 Å². The second kappa shape index (κ2) is 9.53. The second-order valence-corrected chi connectivity index (χ2v) is 7.67. The number of hydrogen-bond donors (Lipinski definition) is 0. The Hall–Kier alpha value is 2.61. The first-order valence-corrected chi connectivity index (χ1v) is 7.30. The van der Waals surface area contributed by atoms with Gasteiger partial charge in [-0.1, -0.05) is 58.0 Å². The van der Waals surface area contributed by atoms with Crippen LogP contribution in [0.2, 0.25) is 0 Å². The van der Waals surface area contributed by atoms with Crippen LogP contribution in [0.4, 0.5) is 0 Å². The Morgan fingerprint density at radius 1 is 0.800 bits per heavy atom. The molecule has 0 saturated carbocycles. The van der Waals surface area contributed by atoms with Crippen LogP contribution >= 0.6 is 104 Å². The van der Waals surface area contributed by atoms with Gasteiger partial charge in [-0.25, -0.2) is 0 Å². The Morgan fingerprint density at radius 2 is 1.13 bits per heavy atom. The summed E-state index contributed by atoms with van der Waals surface area (Å²) < 4.78 is -2.38. The third kappa shape index (κ3) is 12.9. The number of hydrogen-bond acceptors (Lipinski definition) is 0. The third-order valence-corrected chi connectivity index (χ3v) is 4.95. The third-order valence-electron chi connectivity index (χ3n) is 0.882. The summed E-state index contributed by atoms with van der Waals surface area (Å²) in [5.74, 6) is 0.470. The van der Waals surface area contributed by atoms with Gasteiger partial charge in [-0.2, -0.15) is 0 Å². The van der Waals surface area contributed by atoms with Gasteiger partial charge in [0.05, 0.1) is 17.1 Å². The zero-order valence-corrected chi connectivity index (χ0v) is 13.9. The Bertz CT molecular complexity index is 145. The lowest BCUT2D eigenvalue weighted by Gasteiger charge is -2.13. The monoisotopic (exact) mass is 394 g/mol. The summed E-state index contributed by atoms with van der Waals surface area (Å²) in [7, 11) is 0. The molecule has 0 aliphatic carbocycles. The predicted molar refractivity (Wildman–Crippen MR) is 76.5 cm³/mol. The molecular formula is C6H7Cl9. The van der Waals surface area contributed by atoms with Crippen molar-refractivity contribution >= 4 is 104 Å². The highest BCUT2D eigenvalue weighted by Crippen LogP contribution is 2.34. The van der Waals surface area contributed by atoms with Crippen LogP contribution in [0.25, 0.3) is 0 Å². The lowest BCUT2D eigenvalue weighted by atomic mass is 10.5. The standard InChI is InChI=1S/C3H3Cl5.C3H4Cl4/c4-1-2(5)3(6,7)8;4-1-3(6,7)2-5/h2H,1H2;1-2H2. The molecule has 0 aromatic heterocycles. The van der Waals surface area contributed by atoms with Crippen molar-refractivity contribution in [2.45, 2.75) is 13.5 Å². The van der Waals surface area contributed by atoms with Crippen LogP contribution < -0.4 is 0 Å². The van der Waals surface area contributed by atoms with E-state index in [4.69, 9.17) is 104 Å². The average Bonchev–Trinajstić information content (AvgIpc) is 2.16. The highest BCUT2D eigenvalue weighted by atomic mass is 35.6. The van der Waals surface area contributed by atoms with Gasteiger partial charge in [-0.05, 0) is 0 Å². The van der Waals surface area contributed by atoms with Gasteiger partial charge in [0.15, 0.2) is 0 Å². The fraction of sp³-hybridized carbons (Fsp3) is 1.00. The van der Waals surface area contributed by atoms with E-state index in [1.807, 2.05) is 0 Å². The van der Waals surface area contributed by atoms with Crippen molar-refractivity contribution in [3.63, 3.8) is 0 Å². The van der Waals surface area contributed by atoms with Gasteiger partial charge in [0, 0.05) is 5.88 Å². The van der Waals surface area contributed by atoms with Gasteiger partial charge in [0.2, 0.25) is 3.79 Å². The van der Waals surface area contributed by atoms with Crippen molar-refractivity contribution in [1.29, 1.82) is 0 Å². The van der Waals surface area contributed by atoms with Crippen LogP contribution in [0.15, 0.2) is 0 Å². The van der Waals surface area contributed by atoms with E-state index in [1.165, 1.54) is 0 Å². The molecule has 94 valence electrons. The lowest BCUT2D eigenvalue weighted by molar-refractivity contribution is 0.993. The predicted octanol–water partition coefficient (Wildman–Crippen LogP) is 5.84. The van der Waals surface area contributed by atoms with Crippen LogP contribution in [0.5, 0.6) is 0 Å². The Morgan fingerprint density at radius 3 is 1.13 bits per heavy atom. The van der Waals surface area contributed by atoms with Crippen LogP contribution in [-0.2, 0) is 0 Å². The molecule has 1 unspecified atom stereocenters. The summed E-state index contributed by atoms with van der Waals surface area (Å²) >= 11 is 47.9. The van der Waals surface area contributed by atoms with E-state index in [1.54, 1.807) is 0 Å². The number of halogens is 9. The smallest absolute Gasteiger partial charge is 0.125 e. The molecular weight excluding hydrogens is 391 g/mol. The van der Waals surface area contributed by atoms with Crippen molar-refractivity contribution in [3.05, 3.63) is 0 Å². The van der Waals surface area contributed by atoms with Crippen LogP contribution in [-0.4, -0.2) is 31.1 Å². The van der Waals surface area contributed by atoms with Gasteiger partial charge in [-0.15, -0.1) is 46.4 Å². The van der Waals surface area contributed by atoms with Crippen molar-refractivity contribution in [2.75, 3.05) is 17.6 Å². The molecule has 0 saturated heterocycles. The van der Waals surface area contributed by atoms with Crippen LogP contribution in [0.3, 0.4) is 0 Å². The molecule has 0 rings (SSSR count). The molecule has 0 nitrogen and oxygen atoms in total. The molecule has 0 aromatic carbocycles. The Labute approximate surface area is 134 Å². The molecule has 0 fully saturated rings. The van der Waals surface area contributed by atoms with Crippen molar-refractivity contribution < 1.29 is 0 Å². The summed E-state index contributed by atoms with van der Waals surface area (Å²) in [5.41, 5.74) is 0. The molecule has 0 radical (unpaired) electrons. The van der Waals surface area contributed by atoms with E-state index in [-0.39, 0.29) is 17.6 Å². The second-order valence-electron chi connectivity index (χ2n) is 2.29. The lowest BCUT2D eigenvalue weighted by Crippen LogP contribution is -2.20. The van der Waals surface area contributed by atoms with Crippen LogP contribution in [0.1, 0.15) is 0 Å². The van der Waals surface area contributed by atoms with E-state index in [9.17, 15) is 0 Å². The largest absolute Gasteiger partial charge is 0.207 e. The first kappa shape index (κ1) is 19.9. The van der Waals surface area contributed by atoms with Gasteiger partial charge < -0.3 is 0 Å². The maximum atomic E-state index is 5.41. The average molecular weight is 398 g/mol. The maximum Gasteiger partial charge on any atom is 0.207 e. The summed E-state index contributed by atoms with van der Waals surface area (Å²) in [4.78, 5) is 0. The summed E-state index contributed by atoms with van der Waals surface area (Å²) in [6, 6.07) is 0. The van der Waals surface area contributed by atoms with E-state index >= 15 is 0 Å². The molecule has 0 aliphatic rings. The zero-order chi connectivity index (χ0) is 12.7. The summed E-state index contributed by atoms with van der Waals surface area (Å²) in [6.45, 7) is 0. The summed E-state index contributed by atoms with van der Waals surface area (Å²) in [6.07, 6.45) is 0. The molecule has 0 N–H and O–H groups in total. The molecule has 15 heavy (non-hydrogen) atoms. The fourth-order valence-electron chi connectivity index (χ4n) is 0.123. The molecule has 0 aromatic rings. The minimum absolute atomic E-state index is 0.137. The topological polar surface area (TPSA) is 0 Å². The minimum atomic E-state index is -1.44. The Balaban J connectivity index is 0. The van der Waals surface area contributed by atoms with Gasteiger partial charge >= 0.3 is 0 Å². The normalized spacial score (nSPS) is 14.2. The molecule has 9 heteroatoms. The summed E-state index contributed by atoms with van der Waals surface area (Å²) in [5, 5.41) is -0.617. The fourth-order valence-corrected chi connectivity index (χ4v) is 1.11. The Kier molecular flexibility index (Phi) is 12.7. The molecule has 0 heterocycles. The SMILES string of the molecule is ClCC(Cl)(Cl)CCl.ClCC(Cl)C(Cl)(Cl)Cl. The first-order valence-electron chi connectivity index (χ1n) is 3.37. The van der Waals surface area contributed by atoms with Crippen molar-refractivity contribution in [3.8, 4) is 0 Å². The first-order chi connectivity index (χ1) is 6.60. The quantitative estimate of drug-likeness (QED) is 0.524. The number of alkyl halides is 9. The van der Waals surface area contributed by atoms with E-state index in [0.29, 0.717) is 0 Å². The molecule has 0 aliphatic heterocycles. The zero-order valence-electron chi connectivity index (χ0n) is 7.10. The van der Waals surface area contributed by atoms with Gasteiger partial charge in [-0.3, -0.25) is 0 Å².